The third kappa shape index (κ3) is 2.44. The number of rotatable bonds is 0. The molecule has 4 heteroatoms. The van der Waals surface area contributed by atoms with Crippen LogP contribution in [0.25, 0.3) is 0 Å². The molecular formula is C14H22N2O2. The van der Waals surface area contributed by atoms with Crippen LogP contribution in [-0.2, 0) is 9.59 Å². The third-order valence-electron chi connectivity index (χ3n) is 4.85. The lowest BCUT2D eigenvalue weighted by atomic mass is 9.87. The summed E-state index contributed by atoms with van der Waals surface area (Å²) in [6.07, 6.45) is 5.59. The van der Waals surface area contributed by atoms with Gasteiger partial charge in [-0.1, -0.05) is 0 Å². The van der Waals surface area contributed by atoms with Crippen LogP contribution < -0.4 is 0 Å². The van der Waals surface area contributed by atoms with Crippen molar-refractivity contribution < 1.29 is 9.59 Å². The second-order valence-electron chi connectivity index (χ2n) is 6.05. The van der Waals surface area contributed by atoms with Crippen LogP contribution in [0.4, 0.5) is 0 Å². The van der Waals surface area contributed by atoms with Gasteiger partial charge in [-0.2, -0.15) is 0 Å². The van der Waals surface area contributed by atoms with Crippen LogP contribution in [0, 0.1) is 11.8 Å². The number of nitrogens with zero attached hydrogens (tertiary/aromatic N) is 2. The summed E-state index contributed by atoms with van der Waals surface area (Å²) in [6.45, 7) is 5.13. The first kappa shape index (κ1) is 12.2. The first-order valence-electron chi connectivity index (χ1n) is 7.25. The maximum absolute atomic E-state index is 11.0. The van der Waals surface area contributed by atoms with E-state index in [0.29, 0.717) is 17.6 Å². The highest BCUT2D eigenvalue weighted by Crippen LogP contribution is 2.27. The van der Waals surface area contributed by atoms with E-state index in [1.807, 2.05) is 4.90 Å². The zero-order valence-corrected chi connectivity index (χ0v) is 10.9. The van der Waals surface area contributed by atoms with Gasteiger partial charge in [-0.05, 0) is 44.7 Å². The third-order valence-corrected chi connectivity index (χ3v) is 4.85. The van der Waals surface area contributed by atoms with E-state index in [1.165, 1.54) is 12.8 Å². The molecule has 0 aliphatic carbocycles. The Morgan fingerprint density at radius 2 is 1.56 bits per heavy atom. The zero-order chi connectivity index (χ0) is 12.5. The maximum atomic E-state index is 11.0. The van der Waals surface area contributed by atoms with Gasteiger partial charge in [-0.25, -0.2) is 0 Å². The normalized spacial score (nSPS) is 34.6. The second-order valence-corrected chi connectivity index (χ2v) is 6.05. The highest BCUT2D eigenvalue weighted by molar-refractivity contribution is 5.84. The van der Waals surface area contributed by atoms with Crippen LogP contribution in [0.2, 0.25) is 0 Å². The Morgan fingerprint density at radius 1 is 0.889 bits per heavy atom. The van der Waals surface area contributed by atoms with Crippen molar-refractivity contribution in [3.8, 4) is 0 Å². The molecule has 0 aromatic heterocycles. The molecule has 0 spiro atoms. The predicted molar refractivity (Wildman–Crippen MR) is 68.1 cm³/mol. The largest absolute Gasteiger partial charge is 0.343 e. The minimum Gasteiger partial charge on any atom is -0.343 e. The molecule has 6 rings (SSSR count). The van der Waals surface area contributed by atoms with Gasteiger partial charge in [-0.15, -0.1) is 0 Å². The van der Waals surface area contributed by atoms with Crippen LogP contribution in [0.15, 0.2) is 0 Å². The number of carbonyl (C=O) groups excluding carboxylic acids is 2. The lowest BCUT2D eigenvalue weighted by molar-refractivity contribution is -0.139. The molecule has 0 unspecified atom stereocenters. The first-order valence-corrected chi connectivity index (χ1v) is 7.25. The van der Waals surface area contributed by atoms with Gasteiger partial charge in [0.25, 0.3) is 0 Å². The fourth-order valence-corrected chi connectivity index (χ4v) is 3.53. The van der Waals surface area contributed by atoms with E-state index in [0.717, 1.165) is 57.9 Å². The summed E-state index contributed by atoms with van der Waals surface area (Å²) in [5.41, 5.74) is 0. The van der Waals surface area contributed by atoms with Crippen molar-refractivity contribution in [2.75, 3.05) is 32.7 Å². The highest BCUT2D eigenvalue weighted by Gasteiger charge is 2.32. The molecule has 0 aromatic carbocycles. The number of hydrogen-bond donors (Lipinski definition) is 0. The molecule has 4 bridgehead atoms. The topological polar surface area (TPSA) is 40.6 Å². The number of ketones is 1. The molecule has 6 aliphatic heterocycles. The van der Waals surface area contributed by atoms with E-state index in [9.17, 15) is 9.59 Å². The van der Waals surface area contributed by atoms with Gasteiger partial charge in [0.15, 0.2) is 0 Å². The summed E-state index contributed by atoms with van der Waals surface area (Å²) in [4.78, 5) is 26.2. The minimum atomic E-state index is 0.387. The molecule has 1 amide bonds. The van der Waals surface area contributed by atoms with Crippen LogP contribution in [0.5, 0.6) is 0 Å². The Kier molecular flexibility index (Phi) is 3.37. The molecule has 6 aliphatic rings. The SMILES string of the molecule is O=C1CC2CCN1CC2.O=C1CN2CCC1CC2. The van der Waals surface area contributed by atoms with Gasteiger partial charge in [-0.3, -0.25) is 14.5 Å². The van der Waals surface area contributed by atoms with E-state index in [-0.39, 0.29) is 0 Å². The van der Waals surface area contributed by atoms with Crippen LogP contribution in [0.3, 0.4) is 0 Å². The molecule has 0 atom stereocenters. The summed E-state index contributed by atoms with van der Waals surface area (Å²) >= 11 is 0. The lowest BCUT2D eigenvalue weighted by Crippen LogP contribution is -2.47. The molecule has 6 saturated heterocycles. The number of amides is 1. The van der Waals surface area contributed by atoms with Gasteiger partial charge in [0.2, 0.25) is 5.91 Å². The van der Waals surface area contributed by atoms with Crippen molar-refractivity contribution in [2.24, 2.45) is 11.8 Å². The van der Waals surface area contributed by atoms with E-state index in [1.54, 1.807) is 0 Å². The Labute approximate surface area is 108 Å². The van der Waals surface area contributed by atoms with Crippen LogP contribution >= 0.6 is 0 Å². The number of piperidine rings is 6. The molecule has 0 saturated carbocycles. The van der Waals surface area contributed by atoms with Gasteiger partial charge in [0.1, 0.15) is 5.78 Å². The van der Waals surface area contributed by atoms with Crippen molar-refractivity contribution in [1.82, 2.24) is 9.80 Å². The van der Waals surface area contributed by atoms with Gasteiger partial charge >= 0.3 is 0 Å². The molecule has 18 heavy (non-hydrogen) atoms. The molecule has 6 fully saturated rings. The van der Waals surface area contributed by atoms with E-state index in [2.05, 4.69) is 4.90 Å². The summed E-state index contributed by atoms with van der Waals surface area (Å²) in [7, 11) is 0. The van der Waals surface area contributed by atoms with Crippen molar-refractivity contribution in [2.45, 2.75) is 32.1 Å². The number of fused-ring (bicyclic) bond motifs is 6. The number of carbonyl (C=O) groups is 2. The zero-order valence-electron chi connectivity index (χ0n) is 10.9. The molecule has 0 radical (unpaired) electrons. The predicted octanol–water partition coefficient (Wildman–Crippen LogP) is 0.910. The minimum absolute atomic E-state index is 0.387. The lowest BCUT2D eigenvalue weighted by Gasteiger charge is -2.38. The molecule has 4 nitrogen and oxygen atoms in total. The Morgan fingerprint density at radius 3 is 1.78 bits per heavy atom. The van der Waals surface area contributed by atoms with Gasteiger partial charge in [0.05, 0.1) is 6.54 Å². The molecule has 6 heterocycles. The summed E-state index contributed by atoms with van der Waals surface area (Å²) < 4.78 is 0. The van der Waals surface area contributed by atoms with Crippen molar-refractivity contribution in [3.63, 3.8) is 0 Å². The first-order chi connectivity index (χ1) is 8.72. The van der Waals surface area contributed by atoms with Crippen LogP contribution in [-0.4, -0.2) is 54.2 Å². The fraction of sp³-hybridized carbons (Fsp3) is 0.857. The molecule has 0 N–H and O–H groups in total. The quantitative estimate of drug-likeness (QED) is 0.641. The molecular weight excluding hydrogens is 228 g/mol. The molecule has 100 valence electrons. The average Bonchev–Trinajstić information content (AvgIpc) is 2.41. The highest BCUT2D eigenvalue weighted by atomic mass is 16.2. The van der Waals surface area contributed by atoms with Gasteiger partial charge < -0.3 is 4.90 Å². The van der Waals surface area contributed by atoms with Crippen LogP contribution in [0.1, 0.15) is 32.1 Å². The Bertz CT molecular complexity index is 306. The second kappa shape index (κ2) is 5.00. The Hall–Kier alpha value is -0.900. The Balaban J connectivity index is 0.000000111. The van der Waals surface area contributed by atoms with E-state index in [4.69, 9.17) is 0 Å². The van der Waals surface area contributed by atoms with Gasteiger partial charge in [0, 0.05) is 25.4 Å². The van der Waals surface area contributed by atoms with Crippen molar-refractivity contribution >= 4 is 11.7 Å². The summed E-state index contributed by atoms with van der Waals surface area (Å²) in [5.74, 6) is 2.04. The maximum Gasteiger partial charge on any atom is 0.222 e. The fourth-order valence-electron chi connectivity index (χ4n) is 3.53. The van der Waals surface area contributed by atoms with E-state index < -0.39 is 0 Å². The number of Topliss-reactive ketones (excluding diaryl/α,β-unsaturated/α-hetero) is 1. The smallest absolute Gasteiger partial charge is 0.222 e. The average molecular weight is 250 g/mol. The molecule has 0 aromatic rings. The van der Waals surface area contributed by atoms with E-state index >= 15 is 0 Å². The summed E-state index contributed by atoms with van der Waals surface area (Å²) in [6, 6.07) is 0. The van der Waals surface area contributed by atoms with Crippen molar-refractivity contribution in [3.05, 3.63) is 0 Å². The summed E-state index contributed by atoms with van der Waals surface area (Å²) in [5, 5.41) is 0. The van der Waals surface area contributed by atoms with Crippen molar-refractivity contribution in [1.29, 1.82) is 0 Å². The number of hydrogen-bond acceptors (Lipinski definition) is 3. The monoisotopic (exact) mass is 250 g/mol. The standard InChI is InChI=1S/2C7H11NO/c9-7-5-8-3-1-6(7)2-4-8;9-7-5-6-1-3-8(7)4-2-6/h2*6H,1-5H2.